The van der Waals surface area contributed by atoms with Gasteiger partial charge in [0.05, 0.1) is 5.25 Å². The fraction of sp³-hybridized carbons (Fsp3) is 0.235. The second-order valence-corrected chi connectivity index (χ2v) is 6.91. The van der Waals surface area contributed by atoms with Crippen LogP contribution in [-0.2, 0) is 4.79 Å². The van der Waals surface area contributed by atoms with E-state index < -0.39 is 0 Å². The van der Waals surface area contributed by atoms with Crippen molar-refractivity contribution in [2.24, 2.45) is 0 Å². The van der Waals surface area contributed by atoms with Gasteiger partial charge in [0.15, 0.2) is 11.5 Å². The molecule has 0 saturated heterocycles. The van der Waals surface area contributed by atoms with Crippen LogP contribution >= 0.6 is 23.4 Å². The maximum Gasteiger partial charge on any atom is 0.237 e. The Labute approximate surface area is 144 Å². The summed E-state index contributed by atoms with van der Waals surface area (Å²) in [5.74, 6) is 1.30. The van der Waals surface area contributed by atoms with E-state index in [2.05, 4.69) is 5.32 Å². The predicted molar refractivity (Wildman–Crippen MR) is 92.8 cm³/mol. The van der Waals surface area contributed by atoms with Crippen molar-refractivity contribution in [3.8, 4) is 11.5 Å². The largest absolute Gasteiger partial charge is 0.486 e. The highest BCUT2D eigenvalue weighted by molar-refractivity contribution is 8.00. The highest BCUT2D eigenvalue weighted by Crippen LogP contribution is 2.33. The highest BCUT2D eigenvalue weighted by atomic mass is 35.5. The maximum atomic E-state index is 12.3. The van der Waals surface area contributed by atoms with E-state index in [4.69, 9.17) is 21.1 Å². The molecule has 0 saturated carbocycles. The molecule has 0 bridgehead atoms. The first-order valence-electron chi connectivity index (χ1n) is 7.24. The number of carbonyl (C=O) groups excluding carboxylic acids is 1. The molecule has 3 rings (SSSR count). The Morgan fingerprint density at radius 3 is 2.57 bits per heavy atom. The number of fused-ring (bicyclic) bond motifs is 1. The van der Waals surface area contributed by atoms with E-state index in [1.54, 1.807) is 12.1 Å². The topological polar surface area (TPSA) is 47.6 Å². The van der Waals surface area contributed by atoms with Gasteiger partial charge in [-0.2, -0.15) is 0 Å². The van der Waals surface area contributed by atoms with Crippen LogP contribution in [-0.4, -0.2) is 24.4 Å². The van der Waals surface area contributed by atoms with E-state index in [9.17, 15) is 4.79 Å². The third-order valence-corrected chi connectivity index (χ3v) is 4.67. The maximum absolute atomic E-state index is 12.3. The fourth-order valence-corrected chi connectivity index (χ4v) is 3.13. The molecule has 0 radical (unpaired) electrons. The Balaban J connectivity index is 1.63. The molecule has 23 heavy (non-hydrogen) atoms. The first-order valence-corrected chi connectivity index (χ1v) is 8.50. The van der Waals surface area contributed by atoms with Gasteiger partial charge in [-0.25, -0.2) is 0 Å². The molecule has 2 aromatic carbocycles. The van der Waals surface area contributed by atoms with Crippen molar-refractivity contribution >= 4 is 35.0 Å². The minimum absolute atomic E-state index is 0.0679. The summed E-state index contributed by atoms with van der Waals surface area (Å²) < 4.78 is 11.0. The molecule has 1 aliphatic heterocycles. The third-order valence-electron chi connectivity index (χ3n) is 3.31. The van der Waals surface area contributed by atoms with E-state index in [0.29, 0.717) is 35.4 Å². The molecule has 1 atom stereocenters. The fourth-order valence-electron chi connectivity index (χ4n) is 2.14. The molecule has 120 valence electrons. The molecule has 0 aromatic heterocycles. The van der Waals surface area contributed by atoms with E-state index in [1.165, 1.54) is 11.8 Å². The lowest BCUT2D eigenvalue weighted by atomic mass is 10.2. The number of ether oxygens (including phenoxy) is 2. The van der Waals surface area contributed by atoms with Gasteiger partial charge in [0.25, 0.3) is 0 Å². The molecule has 1 aliphatic rings. The number of anilines is 1. The summed E-state index contributed by atoms with van der Waals surface area (Å²) in [7, 11) is 0. The van der Waals surface area contributed by atoms with Crippen LogP contribution in [0, 0.1) is 0 Å². The lowest BCUT2D eigenvalue weighted by molar-refractivity contribution is -0.115. The summed E-state index contributed by atoms with van der Waals surface area (Å²) in [6.45, 7) is 2.94. The predicted octanol–water partition coefficient (Wildman–Crippen LogP) is 4.23. The van der Waals surface area contributed by atoms with Crippen molar-refractivity contribution < 1.29 is 14.3 Å². The molecule has 0 aliphatic carbocycles. The summed E-state index contributed by atoms with van der Waals surface area (Å²) in [6, 6.07) is 12.8. The molecule has 0 fully saturated rings. The Morgan fingerprint density at radius 2 is 1.83 bits per heavy atom. The van der Waals surface area contributed by atoms with Crippen LogP contribution in [0.15, 0.2) is 47.4 Å². The van der Waals surface area contributed by atoms with E-state index in [0.717, 1.165) is 4.90 Å². The van der Waals surface area contributed by atoms with Crippen molar-refractivity contribution in [1.82, 2.24) is 0 Å². The van der Waals surface area contributed by atoms with E-state index in [-0.39, 0.29) is 11.2 Å². The van der Waals surface area contributed by atoms with Crippen LogP contribution in [0.5, 0.6) is 11.5 Å². The second-order valence-electron chi connectivity index (χ2n) is 5.06. The smallest absolute Gasteiger partial charge is 0.237 e. The third kappa shape index (κ3) is 4.12. The Morgan fingerprint density at radius 1 is 1.13 bits per heavy atom. The molecule has 1 heterocycles. The quantitative estimate of drug-likeness (QED) is 0.839. The van der Waals surface area contributed by atoms with Gasteiger partial charge < -0.3 is 14.8 Å². The number of thioether (sulfide) groups is 1. The highest BCUT2D eigenvalue weighted by Gasteiger charge is 2.17. The first-order chi connectivity index (χ1) is 11.1. The molecular formula is C17H16ClNO3S. The van der Waals surface area contributed by atoms with Crippen molar-refractivity contribution in [2.75, 3.05) is 18.5 Å². The zero-order chi connectivity index (χ0) is 16.2. The monoisotopic (exact) mass is 349 g/mol. The van der Waals surface area contributed by atoms with Crippen LogP contribution in [0.25, 0.3) is 0 Å². The molecule has 4 nitrogen and oxygen atoms in total. The van der Waals surface area contributed by atoms with Gasteiger partial charge in [0.1, 0.15) is 13.2 Å². The van der Waals surface area contributed by atoms with Crippen molar-refractivity contribution in [3.63, 3.8) is 0 Å². The van der Waals surface area contributed by atoms with Gasteiger partial charge in [-0.05, 0) is 43.3 Å². The summed E-state index contributed by atoms with van der Waals surface area (Å²) in [5.41, 5.74) is 0.697. The lowest BCUT2D eigenvalue weighted by Gasteiger charge is -2.19. The summed E-state index contributed by atoms with van der Waals surface area (Å²) >= 11 is 7.35. The lowest BCUT2D eigenvalue weighted by Crippen LogP contribution is -2.22. The van der Waals surface area contributed by atoms with Crippen LogP contribution < -0.4 is 14.8 Å². The van der Waals surface area contributed by atoms with Gasteiger partial charge >= 0.3 is 0 Å². The number of nitrogens with one attached hydrogen (secondary N) is 1. The first kappa shape index (κ1) is 16.0. The van der Waals surface area contributed by atoms with Crippen molar-refractivity contribution in [1.29, 1.82) is 0 Å². The van der Waals surface area contributed by atoms with E-state index in [1.807, 2.05) is 37.3 Å². The number of amides is 1. The summed E-state index contributed by atoms with van der Waals surface area (Å²) in [6.07, 6.45) is 0. The molecule has 2 aromatic rings. The van der Waals surface area contributed by atoms with Crippen LogP contribution in [0.4, 0.5) is 5.69 Å². The molecular weight excluding hydrogens is 334 g/mol. The molecule has 1 N–H and O–H groups in total. The zero-order valence-electron chi connectivity index (χ0n) is 12.5. The summed E-state index contributed by atoms with van der Waals surface area (Å²) in [4.78, 5) is 13.3. The number of carbonyl (C=O) groups is 1. The van der Waals surface area contributed by atoms with Crippen molar-refractivity contribution in [2.45, 2.75) is 17.1 Å². The number of rotatable bonds is 4. The Hall–Kier alpha value is -1.85. The SMILES string of the molecule is C[C@H](Sc1ccc(Cl)cc1)C(=O)Nc1ccc2c(c1)OCCO2. The minimum Gasteiger partial charge on any atom is -0.486 e. The van der Waals surface area contributed by atoms with Gasteiger partial charge in [0, 0.05) is 21.7 Å². The number of benzene rings is 2. The molecule has 0 spiro atoms. The van der Waals surface area contributed by atoms with E-state index >= 15 is 0 Å². The van der Waals surface area contributed by atoms with Gasteiger partial charge in [-0.1, -0.05) is 11.6 Å². The number of hydrogen-bond acceptors (Lipinski definition) is 4. The standard InChI is InChI=1S/C17H16ClNO3S/c1-11(23-14-5-2-12(18)3-6-14)17(20)19-13-4-7-15-16(10-13)22-9-8-21-15/h2-7,10-11H,8-9H2,1H3,(H,19,20)/t11-/m0/s1. The Kier molecular flexibility index (Phi) is 4.98. The average molecular weight is 350 g/mol. The zero-order valence-corrected chi connectivity index (χ0v) is 14.1. The van der Waals surface area contributed by atoms with Gasteiger partial charge in [-0.15, -0.1) is 11.8 Å². The molecule has 6 heteroatoms. The average Bonchev–Trinajstić information content (AvgIpc) is 2.56. The second kappa shape index (κ2) is 7.15. The van der Waals surface area contributed by atoms with Gasteiger partial charge in [0.2, 0.25) is 5.91 Å². The van der Waals surface area contributed by atoms with Crippen LogP contribution in [0.3, 0.4) is 0 Å². The summed E-state index contributed by atoms with van der Waals surface area (Å²) in [5, 5.41) is 3.35. The normalized spacial score (nSPS) is 14.2. The number of hydrogen-bond donors (Lipinski definition) is 1. The van der Waals surface area contributed by atoms with Crippen LogP contribution in [0.1, 0.15) is 6.92 Å². The molecule has 0 unspecified atom stereocenters. The van der Waals surface area contributed by atoms with Crippen LogP contribution in [0.2, 0.25) is 5.02 Å². The van der Waals surface area contributed by atoms with Gasteiger partial charge in [-0.3, -0.25) is 4.79 Å². The van der Waals surface area contributed by atoms with Crippen molar-refractivity contribution in [3.05, 3.63) is 47.5 Å². The molecule has 1 amide bonds. The Bertz CT molecular complexity index is 705. The minimum atomic E-state index is -0.232. The number of halogens is 1.